The van der Waals surface area contributed by atoms with Gasteiger partial charge < -0.3 is 9.80 Å². The van der Waals surface area contributed by atoms with E-state index in [1.165, 1.54) is 12.1 Å². The first-order valence-corrected chi connectivity index (χ1v) is 17.9. The Labute approximate surface area is 320 Å². The molecule has 272 valence electrons. The molecule has 0 N–H and O–H groups in total. The number of terminal acetylenes is 2. The molecule has 56 heavy (non-hydrogen) atoms. The maximum absolute atomic E-state index is 15.1. The maximum Gasteiger partial charge on any atom is 0.274 e. The molecule has 1 fully saturated rings. The largest absolute Gasteiger partial charge is 0.334 e. The number of benzene rings is 4. The minimum atomic E-state index is -0.424. The monoisotopic (exact) mass is 740 g/mol. The van der Waals surface area contributed by atoms with Crippen molar-refractivity contribution in [2.45, 2.75) is 13.1 Å². The molecule has 0 bridgehead atoms. The second kappa shape index (κ2) is 13.8. The van der Waals surface area contributed by atoms with Gasteiger partial charge in [-0.25, -0.2) is 18.7 Å². The lowest BCUT2D eigenvalue weighted by molar-refractivity contribution is 0.0528. The first-order valence-electron chi connectivity index (χ1n) is 17.9. The molecule has 3 aliphatic heterocycles. The van der Waals surface area contributed by atoms with Crippen LogP contribution in [-0.4, -0.2) is 78.3 Å². The van der Waals surface area contributed by atoms with E-state index in [0.717, 1.165) is 0 Å². The second-order valence-corrected chi connectivity index (χ2v) is 13.4. The van der Waals surface area contributed by atoms with Crippen molar-refractivity contribution >= 4 is 23.2 Å². The van der Waals surface area contributed by atoms with Gasteiger partial charge >= 0.3 is 0 Å². The summed E-state index contributed by atoms with van der Waals surface area (Å²) in [6, 6.07) is 23.6. The molecule has 9 rings (SSSR count). The number of carbonyl (C=O) groups is 2. The number of piperazine rings is 1. The molecule has 6 aromatic rings. The predicted octanol–water partition coefficient (Wildman–Crippen LogP) is 5.60. The first kappa shape index (κ1) is 34.3. The van der Waals surface area contributed by atoms with Gasteiger partial charge in [0.25, 0.3) is 11.8 Å². The summed E-state index contributed by atoms with van der Waals surface area (Å²) in [6.07, 6.45) is 14.6. The summed E-state index contributed by atoms with van der Waals surface area (Å²) in [5.74, 6) is 3.83. The SMILES string of the molecule is C#Cc1ccc2c(c1)C(c1ccccc1F)=NCc1c(C(=O)N3CCN(C(=O)c4ncn5c4CN=C(c4ccccc4F)c4cc(C#C)ccc4-5)CC3)ncn1-2. The predicted molar refractivity (Wildman–Crippen MR) is 206 cm³/mol. The zero-order valence-electron chi connectivity index (χ0n) is 29.8. The van der Waals surface area contributed by atoms with E-state index in [-0.39, 0.29) is 62.5 Å². The Bertz CT molecular complexity index is 2580. The zero-order valence-corrected chi connectivity index (χ0v) is 29.8. The average Bonchev–Trinajstić information content (AvgIpc) is 3.77. The molecule has 12 heteroatoms. The average molecular weight is 741 g/mol. The molecule has 0 spiro atoms. The number of imidazole rings is 2. The number of aromatic nitrogens is 4. The van der Waals surface area contributed by atoms with Gasteiger partial charge in [0.15, 0.2) is 11.4 Å². The van der Waals surface area contributed by atoms with Gasteiger partial charge in [0, 0.05) is 59.6 Å². The Balaban J connectivity index is 0.970. The Morgan fingerprint density at radius 1 is 0.571 bits per heavy atom. The van der Waals surface area contributed by atoms with Gasteiger partial charge in [-0.3, -0.25) is 28.7 Å². The quantitative estimate of drug-likeness (QED) is 0.220. The van der Waals surface area contributed by atoms with Crippen molar-refractivity contribution in [1.82, 2.24) is 28.9 Å². The van der Waals surface area contributed by atoms with Gasteiger partial charge in [-0.2, -0.15) is 0 Å². The number of hydrogen-bond acceptors (Lipinski definition) is 6. The lowest BCUT2D eigenvalue weighted by Gasteiger charge is -2.34. The Morgan fingerprint density at radius 3 is 1.38 bits per heavy atom. The van der Waals surface area contributed by atoms with Crippen LogP contribution in [0.3, 0.4) is 0 Å². The van der Waals surface area contributed by atoms with E-state index in [9.17, 15) is 9.59 Å². The summed E-state index contributed by atoms with van der Waals surface area (Å²) >= 11 is 0. The third-order valence-corrected chi connectivity index (χ3v) is 10.4. The summed E-state index contributed by atoms with van der Waals surface area (Å²) in [5, 5.41) is 0. The lowest BCUT2D eigenvalue weighted by atomic mass is 9.98. The van der Waals surface area contributed by atoms with E-state index in [1.54, 1.807) is 92.3 Å². The molecule has 2 aromatic heterocycles. The third kappa shape index (κ3) is 5.67. The molecule has 5 heterocycles. The minimum absolute atomic E-state index is 0.0724. The zero-order chi connectivity index (χ0) is 38.5. The molecule has 2 amide bonds. The smallest absolute Gasteiger partial charge is 0.274 e. The molecule has 0 unspecified atom stereocenters. The Morgan fingerprint density at radius 2 is 0.982 bits per heavy atom. The van der Waals surface area contributed by atoms with Crippen molar-refractivity contribution in [3.63, 3.8) is 0 Å². The van der Waals surface area contributed by atoms with E-state index in [2.05, 4.69) is 21.8 Å². The number of fused-ring (bicyclic) bond motifs is 6. The van der Waals surface area contributed by atoms with Gasteiger partial charge in [-0.15, -0.1) is 12.8 Å². The summed E-state index contributed by atoms with van der Waals surface area (Å²) in [5.41, 5.74) is 6.87. The summed E-state index contributed by atoms with van der Waals surface area (Å²) in [6.45, 7) is 1.17. The van der Waals surface area contributed by atoms with Gasteiger partial charge in [0.05, 0.1) is 47.3 Å². The first-order chi connectivity index (χ1) is 27.3. The molecule has 3 aliphatic rings. The molecular weight excluding hydrogens is 711 g/mol. The molecule has 0 aliphatic carbocycles. The third-order valence-electron chi connectivity index (χ3n) is 10.4. The van der Waals surface area contributed by atoms with Crippen molar-refractivity contribution in [3.05, 3.63) is 165 Å². The van der Waals surface area contributed by atoms with Crippen molar-refractivity contribution < 1.29 is 18.4 Å². The van der Waals surface area contributed by atoms with E-state index >= 15 is 8.78 Å². The normalized spacial score (nSPS) is 14.4. The fourth-order valence-electron chi connectivity index (χ4n) is 7.53. The van der Waals surface area contributed by atoms with Crippen molar-refractivity contribution in [2.24, 2.45) is 9.98 Å². The second-order valence-electron chi connectivity index (χ2n) is 13.4. The minimum Gasteiger partial charge on any atom is -0.334 e. The molecular formula is C44H30F2N8O2. The highest BCUT2D eigenvalue weighted by Crippen LogP contribution is 2.31. The van der Waals surface area contributed by atoms with E-state index in [4.69, 9.17) is 22.8 Å². The van der Waals surface area contributed by atoms with Crippen LogP contribution in [0.25, 0.3) is 11.4 Å². The fourth-order valence-corrected chi connectivity index (χ4v) is 7.53. The van der Waals surface area contributed by atoms with Crippen LogP contribution in [0.2, 0.25) is 0 Å². The van der Waals surface area contributed by atoms with E-state index in [0.29, 0.717) is 67.6 Å². The Hall–Kier alpha value is -7.44. The van der Waals surface area contributed by atoms with Crippen molar-refractivity contribution in [2.75, 3.05) is 26.2 Å². The van der Waals surface area contributed by atoms with Crippen LogP contribution in [0.5, 0.6) is 0 Å². The topological polar surface area (TPSA) is 101 Å². The van der Waals surface area contributed by atoms with Crippen LogP contribution in [0.1, 0.15) is 65.7 Å². The lowest BCUT2D eigenvalue weighted by Crippen LogP contribution is -2.51. The van der Waals surface area contributed by atoms with Gasteiger partial charge in [0.2, 0.25) is 0 Å². The number of rotatable bonds is 4. The van der Waals surface area contributed by atoms with Crippen molar-refractivity contribution in [1.29, 1.82) is 0 Å². The van der Waals surface area contributed by atoms with E-state index < -0.39 is 11.6 Å². The molecule has 10 nitrogen and oxygen atoms in total. The van der Waals surface area contributed by atoms with Crippen LogP contribution < -0.4 is 0 Å². The summed E-state index contributed by atoms with van der Waals surface area (Å²) < 4.78 is 33.8. The van der Waals surface area contributed by atoms with Crippen LogP contribution in [0.4, 0.5) is 8.78 Å². The molecule has 1 saturated heterocycles. The standard InChI is InChI=1S/C44H30F2N8O2/c1-3-27-13-15-35-31(21-27)39(29-9-5-7-11-33(29)45)47-23-37-41(49-25-53(35)37)43(55)51-17-19-52(20-18-51)44(56)42-38-24-48-40(30-10-6-8-12-34(30)46)32-22-28(4-2)14-16-36(32)54(38)26-50-42/h1-2,5-16,21-22,25-26H,17-20,23-24H2. The molecule has 0 radical (unpaired) electrons. The molecule has 4 aromatic carbocycles. The van der Waals surface area contributed by atoms with Gasteiger partial charge in [-0.1, -0.05) is 36.1 Å². The van der Waals surface area contributed by atoms with Crippen LogP contribution in [0, 0.1) is 36.3 Å². The molecule has 0 saturated carbocycles. The molecule has 0 atom stereocenters. The van der Waals surface area contributed by atoms with Crippen molar-refractivity contribution in [3.8, 4) is 36.1 Å². The van der Waals surface area contributed by atoms with E-state index in [1.807, 2.05) is 12.1 Å². The number of hydrogen-bond donors (Lipinski definition) is 0. The highest BCUT2D eigenvalue weighted by molar-refractivity contribution is 6.16. The number of carbonyl (C=O) groups excluding carboxylic acids is 2. The number of amides is 2. The summed E-state index contributed by atoms with van der Waals surface area (Å²) in [7, 11) is 0. The van der Waals surface area contributed by atoms with Crippen LogP contribution in [0.15, 0.2) is 108 Å². The fraction of sp³-hybridized carbons (Fsp3) is 0.136. The van der Waals surface area contributed by atoms with Gasteiger partial charge in [-0.05, 0) is 60.7 Å². The highest BCUT2D eigenvalue weighted by atomic mass is 19.1. The Kier molecular flexibility index (Phi) is 8.44. The summed E-state index contributed by atoms with van der Waals surface area (Å²) in [4.78, 5) is 50.2. The van der Waals surface area contributed by atoms with Crippen LogP contribution >= 0.6 is 0 Å². The van der Waals surface area contributed by atoms with Crippen LogP contribution in [-0.2, 0) is 13.1 Å². The maximum atomic E-state index is 15.1. The number of aliphatic imine (C=N–C) groups is 2. The highest BCUT2D eigenvalue weighted by Gasteiger charge is 2.33. The van der Waals surface area contributed by atoms with Gasteiger partial charge in [0.1, 0.15) is 24.3 Å². The number of nitrogens with zero attached hydrogens (tertiary/aromatic N) is 8. The number of halogens is 2.